The molecule has 0 spiro atoms. The highest BCUT2D eigenvalue weighted by Gasteiger charge is 2.41. The van der Waals surface area contributed by atoms with E-state index in [4.69, 9.17) is 5.11 Å². The number of aliphatic carboxylic acids is 1. The molecule has 5 heteroatoms. The summed E-state index contributed by atoms with van der Waals surface area (Å²) in [5.41, 5.74) is 0.847. The smallest absolute Gasteiger partial charge is 0.335 e. The molecule has 0 aromatic heterocycles. The van der Waals surface area contributed by atoms with Crippen LogP contribution in [0.3, 0.4) is 0 Å². The molecule has 1 aliphatic carbocycles. The number of aryl methyl sites for hydroxylation is 1. The molecule has 0 fully saturated rings. The monoisotopic (exact) mass is 262 g/mol. The molecule has 1 aromatic carbocycles. The summed E-state index contributed by atoms with van der Waals surface area (Å²) in [6.45, 7) is 0. The maximum atomic E-state index is 11.4. The first kappa shape index (κ1) is 13.3. The van der Waals surface area contributed by atoms with Crippen molar-refractivity contribution in [2.24, 2.45) is 5.41 Å². The minimum Gasteiger partial charge on any atom is -0.481 e. The molecule has 0 saturated carbocycles. The second kappa shape index (κ2) is 4.84. The van der Waals surface area contributed by atoms with E-state index in [0.29, 0.717) is 19.1 Å². The molecule has 0 bridgehead atoms. The van der Waals surface area contributed by atoms with Crippen molar-refractivity contribution in [2.75, 3.05) is 0 Å². The van der Waals surface area contributed by atoms with E-state index in [0.717, 1.165) is 11.1 Å². The first-order chi connectivity index (χ1) is 8.98. The average Bonchev–Trinajstić information content (AvgIpc) is 2.38. The Hall–Kier alpha value is -2.17. The third kappa shape index (κ3) is 2.36. The zero-order chi connectivity index (χ0) is 14.0. The van der Waals surface area contributed by atoms with E-state index in [9.17, 15) is 19.5 Å². The summed E-state index contributed by atoms with van der Waals surface area (Å²) in [5, 5.41) is 18.3. The van der Waals surface area contributed by atoms with Crippen LogP contribution in [0.5, 0.6) is 0 Å². The molecule has 2 rings (SSSR count). The second-order valence-corrected chi connectivity index (χ2v) is 4.92. The lowest BCUT2D eigenvalue weighted by molar-refractivity contribution is -0.151. The summed E-state index contributed by atoms with van der Waals surface area (Å²) in [7, 11) is 0. The fourth-order valence-electron chi connectivity index (χ4n) is 2.59. The van der Waals surface area contributed by atoms with Crippen LogP contribution < -0.4 is 0 Å². The van der Waals surface area contributed by atoms with Crippen molar-refractivity contribution in [1.29, 1.82) is 0 Å². The largest absolute Gasteiger partial charge is 0.481 e. The Morgan fingerprint density at radius 1 is 1.26 bits per heavy atom. The Labute approximate surface area is 109 Å². The predicted molar refractivity (Wildman–Crippen MR) is 66.2 cm³/mol. The molecule has 0 aliphatic heterocycles. The van der Waals surface area contributed by atoms with Crippen LogP contribution in [-0.4, -0.2) is 28.4 Å². The quantitative estimate of drug-likeness (QED) is 0.803. The van der Waals surface area contributed by atoms with Crippen molar-refractivity contribution in [3.63, 3.8) is 0 Å². The molecule has 1 atom stereocenters. The Morgan fingerprint density at radius 2 is 2.00 bits per heavy atom. The van der Waals surface area contributed by atoms with Crippen LogP contribution >= 0.6 is 0 Å². The molecular weight excluding hydrogens is 248 g/mol. The average molecular weight is 262 g/mol. The number of hydrogen-bond donors (Lipinski definition) is 2. The van der Waals surface area contributed by atoms with Crippen LogP contribution in [0.4, 0.5) is 0 Å². The van der Waals surface area contributed by atoms with Gasteiger partial charge in [0, 0.05) is 6.42 Å². The number of carboxylic acids is 2. The molecule has 19 heavy (non-hydrogen) atoms. The molecule has 1 aromatic rings. The van der Waals surface area contributed by atoms with E-state index in [1.165, 1.54) is 6.07 Å². The van der Waals surface area contributed by atoms with E-state index >= 15 is 0 Å². The van der Waals surface area contributed by atoms with Gasteiger partial charge in [-0.1, -0.05) is 6.07 Å². The Kier molecular flexibility index (Phi) is 3.38. The maximum Gasteiger partial charge on any atom is 0.335 e. The van der Waals surface area contributed by atoms with Gasteiger partial charge >= 0.3 is 11.9 Å². The Balaban J connectivity index is 2.36. The number of fused-ring (bicyclic) bond motifs is 1. The molecule has 0 heterocycles. The fraction of sp³-hybridized carbons (Fsp3) is 0.357. The lowest BCUT2D eigenvalue weighted by Crippen LogP contribution is -2.37. The standard InChI is InChI=1S/C14H14O5/c15-6-5-14(13(18)19)4-3-9-7-10(12(16)17)1-2-11(9)8-14/h1-2,6-7H,3-5,8H2,(H,16,17)(H,18,19). The van der Waals surface area contributed by atoms with E-state index in [-0.39, 0.29) is 18.4 Å². The molecule has 2 N–H and O–H groups in total. The normalized spacial score (nSPS) is 21.5. The number of rotatable bonds is 4. The highest BCUT2D eigenvalue weighted by molar-refractivity contribution is 5.88. The van der Waals surface area contributed by atoms with Gasteiger partial charge in [-0.25, -0.2) is 4.79 Å². The Morgan fingerprint density at radius 3 is 2.58 bits per heavy atom. The van der Waals surface area contributed by atoms with Crippen molar-refractivity contribution in [3.05, 3.63) is 34.9 Å². The van der Waals surface area contributed by atoms with Crippen LogP contribution in [0, 0.1) is 5.41 Å². The van der Waals surface area contributed by atoms with E-state index in [1.54, 1.807) is 12.1 Å². The fourth-order valence-corrected chi connectivity index (χ4v) is 2.59. The number of benzene rings is 1. The van der Waals surface area contributed by atoms with Gasteiger partial charge in [-0.15, -0.1) is 0 Å². The molecule has 100 valence electrons. The topological polar surface area (TPSA) is 91.7 Å². The summed E-state index contributed by atoms with van der Waals surface area (Å²) in [4.78, 5) is 33.0. The van der Waals surface area contributed by atoms with Gasteiger partial charge in [0.2, 0.25) is 0 Å². The zero-order valence-corrected chi connectivity index (χ0v) is 10.3. The second-order valence-electron chi connectivity index (χ2n) is 4.92. The number of carbonyl (C=O) groups excluding carboxylic acids is 1. The number of carboxylic acid groups (broad SMARTS) is 2. The summed E-state index contributed by atoms with van der Waals surface area (Å²) < 4.78 is 0. The van der Waals surface area contributed by atoms with E-state index in [2.05, 4.69) is 0 Å². The van der Waals surface area contributed by atoms with Crippen molar-refractivity contribution >= 4 is 18.2 Å². The number of aldehydes is 1. The van der Waals surface area contributed by atoms with Crippen LogP contribution in [-0.2, 0) is 22.4 Å². The predicted octanol–water partition coefficient (Wildman–Crippen LogP) is 1.53. The minimum atomic E-state index is -1.04. The van der Waals surface area contributed by atoms with Gasteiger partial charge in [-0.05, 0) is 42.5 Å². The maximum absolute atomic E-state index is 11.4. The minimum absolute atomic E-state index is 0.0115. The first-order valence-corrected chi connectivity index (χ1v) is 6.01. The van der Waals surface area contributed by atoms with Crippen molar-refractivity contribution in [1.82, 2.24) is 0 Å². The first-order valence-electron chi connectivity index (χ1n) is 6.01. The summed E-state index contributed by atoms with van der Waals surface area (Å²) in [5.74, 6) is -1.96. The third-order valence-electron chi connectivity index (χ3n) is 3.78. The third-order valence-corrected chi connectivity index (χ3v) is 3.78. The lowest BCUT2D eigenvalue weighted by atomic mass is 9.69. The Bertz CT molecular complexity index is 549. The van der Waals surface area contributed by atoms with Crippen molar-refractivity contribution < 1.29 is 24.6 Å². The van der Waals surface area contributed by atoms with Gasteiger partial charge < -0.3 is 15.0 Å². The van der Waals surface area contributed by atoms with Gasteiger partial charge in [-0.2, -0.15) is 0 Å². The van der Waals surface area contributed by atoms with Gasteiger partial charge in [0.05, 0.1) is 11.0 Å². The highest BCUT2D eigenvalue weighted by Crippen LogP contribution is 2.38. The molecular formula is C14H14O5. The number of carbonyl (C=O) groups is 3. The van der Waals surface area contributed by atoms with Crippen molar-refractivity contribution in [3.8, 4) is 0 Å². The summed E-state index contributed by atoms with van der Waals surface area (Å²) in [6.07, 6.45) is 1.75. The number of hydrogen-bond acceptors (Lipinski definition) is 3. The van der Waals surface area contributed by atoms with Crippen LogP contribution in [0.15, 0.2) is 18.2 Å². The summed E-state index contributed by atoms with van der Waals surface area (Å²) in [6, 6.07) is 4.71. The van der Waals surface area contributed by atoms with Gasteiger partial charge in [0.1, 0.15) is 6.29 Å². The van der Waals surface area contributed by atoms with Gasteiger partial charge in [0.15, 0.2) is 0 Å². The van der Waals surface area contributed by atoms with Crippen LogP contribution in [0.25, 0.3) is 0 Å². The highest BCUT2D eigenvalue weighted by atomic mass is 16.4. The van der Waals surface area contributed by atoms with E-state index < -0.39 is 17.4 Å². The van der Waals surface area contributed by atoms with Crippen LogP contribution in [0.1, 0.15) is 34.3 Å². The zero-order valence-electron chi connectivity index (χ0n) is 10.3. The molecule has 5 nitrogen and oxygen atoms in total. The van der Waals surface area contributed by atoms with Crippen molar-refractivity contribution in [2.45, 2.75) is 25.7 Å². The molecule has 1 aliphatic rings. The molecule has 1 unspecified atom stereocenters. The van der Waals surface area contributed by atoms with E-state index in [1.807, 2.05) is 0 Å². The molecule has 0 amide bonds. The summed E-state index contributed by atoms with van der Waals surface area (Å²) >= 11 is 0. The van der Waals surface area contributed by atoms with Gasteiger partial charge in [-0.3, -0.25) is 4.79 Å². The SMILES string of the molecule is O=CCC1(C(=O)O)CCc2cc(C(=O)O)ccc2C1. The number of aromatic carboxylic acids is 1. The van der Waals surface area contributed by atoms with Crippen LogP contribution in [0.2, 0.25) is 0 Å². The molecule has 0 radical (unpaired) electrons. The van der Waals surface area contributed by atoms with Gasteiger partial charge in [0.25, 0.3) is 0 Å². The lowest BCUT2D eigenvalue weighted by Gasteiger charge is -2.33. The molecule has 0 saturated heterocycles.